The normalized spacial score (nSPS) is 11.1. The first-order valence-corrected chi connectivity index (χ1v) is 8.90. The molecule has 0 aromatic heterocycles. The Morgan fingerprint density at radius 3 is 2.26 bits per heavy atom. The van der Waals surface area contributed by atoms with Crippen LogP contribution in [-0.4, -0.2) is 45.8 Å². The maximum atomic E-state index is 10.8. The van der Waals surface area contributed by atoms with Crippen molar-refractivity contribution in [2.24, 2.45) is 10.6 Å². The molecule has 0 radical (unpaired) electrons. The molecule has 0 fully saturated rings. The minimum absolute atomic E-state index is 0.0724. The molecule has 11 nitrogen and oxygen atoms in total. The molecule has 0 aliphatic heterocycles. The predicted molar refractivity (Wildman–Crippen MR) is 102 cm³/mol. The van der Waals surface area contributed by atoms with Crippen molar-refractivity contribution < 1.29 is 24.6 Å². The Hall–Kier alpha value is -2.89. The molecular weight excluding hydrogens is 380 g/mol. The minimum atomic E-state index is -0.993. The number of nitrogens with zero attached hydrogens (tertiary/aromatic N) is 3. The summed E-state index contributed by atoms with van der Waals surface area (Å²) < 4.78 is 0. The fraction of sp³-hybridized carbons (Fsp3) is 0.467. The molecular formula is C15H22N4O7S. The van der Waals surface area contributed by atoms with Crippen LogP contribution < -0.4 is 5.32 Å². The van der Waals surface area contributed by atoms with E-state index in [0.29, 0.717) is 0 Å². The summed E-state index contributed by atoms with van der Waals surface area (Å²) in [5, 5.41) is 35.7. The van der Waals surface area contributed by atoms with Crippen LogP contribution in [0.25, 0.3) is 0 Å². The van der Waals surface area contributed by atoms with E-state index in [-0.39, 0.29) is 5.41 Å². The molecule has 150 valence electrons. The summed E-state index contributed by atoms with van der Waals surface area (Å²) in [5.74, 6) is 0.0553. The summed E-state index contributed by atoms with van der Waals surface area (Å²) in [6.07, 6.45) is 1.45. The zero-order valence-electron chi connectivity index (χ0n) is 15.6. The average Bonchev–Trinajstić information content (AvgIpc) is 2.57. The van der Waals surface area contributed by atoms with Crippen LogP contribution in [0.15, 0.2) is 23.4 Å². The predicted octanol–water partition coefficient (Wildman–Crippen LogP) is 3.32. The molecule has 12 heteroatoms. The highest BCUT2D eigenvalue weighted by atomic mass is 32.2. The van der Waals surface area contributed by atoms with Gasteiger partial charge in [0.2, 0.25) is 5.75 Å². The molecule has 0 saturated carbocycles. The molecule has 0 spiro atoms. The van der Waals surface area contributed by atoms with E-state index in [1.54, 1.807) is 11.8 Å². The topological polar surface area (TPSA) is 157 Å². The van der Waals surface area contributed by atoms with Crippen LogP contribution in [0, 0.1) is 25.6 Å². The molecule has 0 aliphatic carbocycles. The number of carbonyl (C=O) groups is 1. The van der Waals surface area contributed by atoms with Crippen molar-refractivity contribution in [3.05, 3.63) is 38.4 Å². The Morgan fingerprint density at radius 1 is 1.30 bits per heavy atom. The first-order valence-electron chi connectivity index (χ1n) is 7.51. The number of nitro groups is 2. The van der Waals surface area contributed by atoms with E-state index < -0.39 is 33.1 Å². The average molecular weight is 402 g/mol. The van der Waals surface area contributed by atoms with E-state index in [2.05, 4.69) is 15.3 Å². The summed E-state index contributed by atoms with van der Waals surface area (Å²) in [5.41, 5.74) is -0.803. The number of thioether (sulfide) groups is 1. The van der Waals surface area contributed by atoms with Gasteiger partial charge in [-0.2, -0.15) is 11.8 Å². The van der Waals surface area contributed by atoms with Crippen LogP contribution in [0.1, 0.15) is 20.8 Å². The number of nitrogens with one attached hydrogen (secondary N) is 1. The fourth-order valence-corrected chi connectivity index (χ4v) is 2.27. The molecule has 0 atom stereocenters. The van der Waals surface area contributed by atoms with Gasteiger partial charge in [-0.1, -0.05) is 32.0 Å². The number of oxime groups is 1. The maximum absolute atomic E-state index is 10.8. The zero-order valence-corrected chi connectivity index (χ0v) is 16.4. The molecule has 0 aliphatic rings. The van der Waals surface area contributed by atoms with Crippen LogP contribution in [0.3, 0.4) is 0 Å². The van der Waals surface area contributed by atoms with Gasteiger partial charge in [-0.15, -0.1) is 0 Å². The highest BCUT2D eigenvalue weighted by Gasteiger charge is 2.27. The van der Waals surface area contributed by atoms with Gasteiger partial charge in [0.15, 0.2) is 0 Å². The zero-order chi connectivity index (χ0) is 21.2. The van der Waals surface area contributed by atoms with Crippen molar-refractivity contribution in [3.8, 4) is 5.75 Å². The molecule has 1 aromatic carbocycles. The minimum Gasteiger partial charge on any atom is -0.502 e. The number of amides is 1. The van der Waals surface area contributed by atoms with Crippen LogP contribution >= 0.6 is 11.8 Å². The summed E-state index contributed by atoms with van der Waals surface area (Å²) >= 11 is 1.65. The quantitative estimate of drug-likeness (QED) is 0.328. The van der Waals surface area contributed by atoms with Gasteiger partial charge < -0.3 is 10.4 Å². The largest absolute Gasteiger partial charge is 0.502 e. The smallest absolute Gasteiger partial charge is 0.433 e. The number of phenolic OH excluding ortho intramolecular Hbond substituents is 1. The number of benzene rings is 1. The van der Waals surface area contributed by atoms with Crippen LogP contribution in [0.2, 0.25) is 0 Å². The third-order valence-corrected chi connectivity index (χ3v) is 3.52. The summed E-state index contributed by atoms with van der Waals surface area (Å²) in [4.78, 5) is 34.1. The first kappa shape index (κ1) is 24.1. The van der Waals surface area contributed by atoms with E-state index in [4.69, 9.17) is 5.11 Å². The number of hydrogen-bond acceptors (Lipinski definition) is 9. The lowest BCUT2D eigenvalue weighted by Gasteiger charge is -2.19. The van der Waals surface area contributed by atoms with Crippen LogP contribution in [-0.2, 0) is 4.84 Å². The molecule has 1 amide bonds. The third kappa shape index (κ3) is 8.35. The number of carbonyl (C=O) groups excluding carboxylic acids is 1. The van der Waals surface area contributed by atoms with Gasteiger partial charge in [-0.05, 0) is 12.3 Å². The van der Waals surface area contributed by atoms with Crippen molar-refractivity contribution in [2.75, 3.05) is 19.1 Å². The summed E-state index contributed by atoms with van der Waals surface area (Å²) in [7, 11) is 1.50. The lowest BCUT2D eigenvalue weighted by Crippen LogP contribution is -2.25. The summed E-state index contributed by atoms with van der Waals surface area (Å²) in [6.45, 7) is 6.11. The van der Waals surface area contributed by atoms with Crippen molar-refractivity contribution in [1.82, 2.24) is 5.32 Å². The van der Waals surface area contributed by atoms with E-state index in [1.165, 1.54) is 13.1 Å². The van der Waals surface area contributed by atoms with Crippen molar-refractivity contribution in [3.63, 3.8) is 0 Å². The van der Waals surface area contributed by atoms with E-state index >= 15 is 0 Å². The van der Waals surface area contributed by atoms with Gasteiger partial charge in [-0.25, -0.2) is 4.79 Å². The molecule has 2 N–H and O–H groups in total. The molecule has 0 saturated heterocycles. The van der Waals surface area contributed by atoms with Gasteiger partial charge in [0.1, 0.15) is 0 Å². The van der Waals surface area contributed by atoms with Crippen molar-refractivity contribution >= 4 is 34.9 Å². The Labute approximate surface area is 160 Å². The van der Waals surface area contributed by atoms with E-state index in [0.717, 1.165) is 23.6 Å². The monoisotopic (exact) mass is 402 g/mol. The van der Waals surface area contributed by atoms with Crippen molar-refractivity contribution in [2.45, 2.75) is 20.8 Å². The van der Waals surface area contributed by atoms with Gasteiger partial charge >= 0.3 is 17.5 Å². The van der Waals surface area contributed by atoms with E-state index in [9.17, 15) is 25.0 Å². The second kappa shape index (κ2) is 11.0. The number of hydrogen-bond donors (Lipinski definition) is 2. The molecule has 1 aromatic rings. The van der Waals surface area contributed by atoms with Crippen LogP contribution in [0.5, 0.6) is 5.75 Å². The number of nitro benzene ring substituents is 2. The Kier molecular flexibility index (Phi) is 9.78. The maximum Gasteiger partial charge on any atom is 0.433 e. The van der Waals surface area contributed by atoms with Gasteiger partial charge in [0.25, 0.3) is 0 Å². The Bertz CT molecular complexity index is 717. The standard InChI is InChI=1S/C9H18N2O2S.C6H4N2O5/c1-9(2,3)7(6-14-5)11-13-8(12)10-4;9-5-3-1-2-4(7(10)11)6(5)8(12)13/h6H2,1-5H3,(H,10,12);1-3,9H. The molecule has 0 heterocycles. The number of phenols is 1. The second-order valence-electron chi connectivity index (χ2n) is 6.01. The molecule has 1 rings (SSSR count). The van der Waals surface area contributed by atoms with Gasteiger partial charge in [0.05, 0.1) is 15.6 Å². The highest BCUT2D eigenvalue weighted by molar-refractivity contribution is 7.99. The lowest BCUT2D eigenvalue weighted by atomic mass is 9.91. The molecule has 0 unspecified atom stereocenters. The number of para-hydroxylation sites is 1. The highest BCUT2D eigenvalue weighted by Crippen LogP contribution is 2.34. The third-order valence-electron chi connectivity index (χ3n) is 2.96. The fourth-order valence-electron chi connectivity index (χ4n) is 1.51. The van der Waals surface area contributed by atoms with Gasteiger partial charge in [-0.3, -0.25) is 25.1 Å². The lowest BCUT2D eigenvalue weighted by molar-refractivity contribution is -0.423. The Morgan fingerprint density at radius 2 is 1.89 bits per heavy atom. The van der Waals surface area contributed by atoms with Crippen LogP contribution in [0.4, 0.5) is 16.2 Å². The van der Waals surface area contributed by atoms with Gasteiger partial charge in [0, 0.05) is 24.3 Å². The van der Waals surface area contributed by atoms with Crippen molar-refractivity contribution in [1.29, 1.82) is 0 Å². The number of aromatic hydroxyl groups is 1. The summed E-state index contributed by atoms with van der Waals surface area (Å²) in [6, 6.07) is 3.14. The number of rotatable bonds is 5. The first-order chi connectivity index (χ1) is 12.4. The molecule has 0 bridgehead atoms. The second-order valence-corrected chi connectivity index (χ2v) is 6.87. The van der Waals surface area contributed by atoms with E-state index in [1.807, 2.05) is 27.0 Å². The SMILES string of the molecule is CNC(=O)ON=C(CSC)C(C)(C)C.O=[N+]([O-])c1cccc(O)c1[N+](=O)[O-]. The Balaban J connectivity index is 0.000000501. The molecule has 27 heavy (non-hydrogen) atoms.